The Morgan fingerprint density at radius 2 is 1.76 bits per heavy atom. The number of thiazole rings is 1. The highest BCUT2D eigenvalue weighted by atomic mass is 32.1. The Morgan fingerprint density at radius 3 is 2.47 bits per heavy atom. The molecule has 2 amide bonds. The predicted molar refractivity (Wildman–Crippen MR) is 135 cm³/mol. The smallest absolute Gasteiger partial charge is 0.253 e. The first kappa shape index (κ1) is 24.0. The number of carbonyl (C=O) groups is 2. The summed E-state index contributed by atoms with van der Waals surface area (Å²) >= 11 is 1.48. The van der Waals surface area contributed by atoms with Gasteiger partial charge in [-0.3, -0.25) is 9.59 Å². The summed E-state index contributed by atoms with van der Waals surface area (Å²) < 4.78 is 5.76. The second-order valence-corrected chi connectivity index (χ2v) is 9.79. The molecule has 1 aliphatic rings. The van der Waals surface area contributed by atoms with E-state index in [-0.39, 0.29) is 18.2 Å². The van der Waals surface area contributed by atoms with Crippen molar-refractivity contribution in [2.24, 2.45) is 0 Å². The standard InChI is InChI=1S/C27H31N3O3S/c1-19-8-14-24(15-9-19)33-17-26-29-22(18-34-26)16-25(31)28-21-12-10-20(11-13-21)27(32)30(2)23-6-4-3-5-7-23/h8-15,18,23H,3-7,16-17H2,1-2H3,(H,28,31). The van der Waals surface area contributed by atoms with Gasteiger partial charge in [0.25, 0.3) is 5.91 Å². The monoisotopic (exact) mass is 477 g/mol. The molecule has 1 saturated carbocycles. The van der Waals surface area contributed by atoms with Gasteiger partial charge in [0.15, 0.2) is 0 Å². The second-order valence-electron chi connectivity index (χ2n) is 8.84. The van der Waals surface area contributed by atoms with Gasteiger partial charge in [0.2, 0.25) is 5.91 Å². The van der Waals surface area contributed by atoms with Gasteiger partial charge in [-0.1, -0.05) is 37.0 Å². The molecule has 1 aliphatic carbocycles. The maximum Gasteiger partial charge on any atom is 0.253 e. The average Bonchev–Trinajstić information content (AvgIpc) is 3.31. The number of anilines is 1. The van der Waals surface area contributed by atoms with E-state index in [1.165, 1.54) is 36.2 Å². The summed E-state index contributed by atoms with van der Waals surface area (Å²) in [6.45, 7) is 2.41. The third-order valence-corrected chi connectivity index (χ3v) is 7.05. The highest BCUT2D eigenvalue weighted by Crippen LogP contribution is 2.23. The van der Waals surface area contributed by atoms with Crippen LogP contribution in [0.2, 0.25) is 0 Å². The van der Waals surface area contributed by atoms with E-state index in [0.717, 1.165) is 23.6 Å². The molecule has 34 heavy (non-hydrogen) atoms. The van der Waals surface area contributed by atoms with Crippen molar-refractivity contribution in [3.8, 4) is 5.75 Å². The van der Waals surface area contributed by atoms with Gasteiger partial charge in [0.05, 0.1) is 12.1 Å². The van der Waals surface area contributed by atoms with Crippen LogP contribution in [0.4, 0.5) is 5.69 Å². The summed E-state index contributed by atoms with van der Waals surface area (Å²) in [6.07, 6.45) is 5.98. The van der Waals surface area contributed by atoms with Crippen LogP contribution in [-0.4, -0.2) is 34.8 Å². The predicted octanol–water partition coefficient (Wildman–Crippen LogP) is 5.62. The van der Waals surface area contributed by atoms with Gasteiger partial charge in [0, 0.05) is 29.7 Å². The molecule has 1 N–H and O–H groups in total. The minimum Gasteiger partial charge on any atom is -0.486 e. The number of nitrogens with one attached hydrogen (secondary N) is 1. The Kier molecular flexibility index (Phi) is 7.95. The lowest BCUT2D eigenvalue weighted by molar-refractivity contribution is -0.115. The van der Waals surface area contributed by atoms with Crippen LogP contribution in [0.15, 0.2) is 53.9 Å². The number of benzene rings is 2. The van der Waals surface area contributed by atoms with Gasteiger partial charge in [-0.25, -0.2) is 4.98 Å². The fourth-order valence-electron chi connectivity index (χ4n) is 4.18. The first-order valence-electron chi connectivity index (χ1n) is 11.8. The van der Waals surface area contributed by atoms with E-state index in [1.807, 2.05) is 48.5 Å². The summed E-state index contributed by atoms with van der Waals surface area (Å²) in [7, 11) is 1.89. The van der Waals surface area contributed by atoms with Crippen molar-refractivity contribution >= 4 is 28.8 Å². The largest absolute Gasteiger partial charge is 0.486 e. The SMILES string of the molecule is Cc1ccc(OCc2nc(CC(=O)Nc3ccc(C(=O)N(C)C4CCCCC4)cc3)cs2)cc1. The van der Waals surface area contributed by atoms with Crippen LogP contribution in [0.5, 0.6) is 5.75 Å². The normalized spacial score (nSPS) is 13.9. The number of amides is 2. The molecule has 0 atom stereocenters. The van der Waals surface area contributed by atoms with Crippen LogP contribution in [0, 0.1) is 6.92 Å². The first-order valence-corrected chi connectivity index (χ1v) is 12.7. The maximum absolute atomic E-state index is 12.8. The van der Waals surface area contributed by atoms with Crippen LogP contribution in [-0.2, 0) is 17.8 Å². The Balaban J connectivity index is 1.26. The average molecular weight is 478 g/mol. The van der Waals surface area contributed by atoms with Gasteiger partial charge in [-0.05, 0) is 56.2 Å². The molecule has 0 aliphatic heterocycles. The highest BCUT2D eigenvalue weighted by Gasteiger charge is 2.23. The third-order valence-electron chi connectivity index (χ3n) is 6.18. The van der Waals surface area contributed by atoms with Crippen molar-refractivity contribution in [1.29, 1.82) is 0 Å². The minimum atomic E-state index is -0.144. The number of carbonyl (C=O) groups excluding carboxylic acids is 2. The molecule has 0 saturated heterocycles. The molecule has 1 aromatic heterocycles. The lowest BCUT2D eigenvalue weighted by atomic mass is 9.94. The zero-order valence-corrected chi connectivity index (χ0v) is 20.6. The fourth-order valence-corrected chi connectivity index (χ4v) is 4.88. The Bertz CT molecular complexity index is 1100. The number of nitrogens with zero attached hydrogens (tertiary/aromatic N) is 2. The number of hydrogen-bond acceptors (Lipinski definition) is 5. The van der Waals surface area contributed by atoms with E-state index >= 15 is 0 Å². The van der Waals surface area contributed by atoms with Gasteiger partial charge in [-0.2, -0.15) is 0 Å². The molecular weight excluding hydrogens is 446 g/mol. The van der Waals surface area contributed by atoms with E-state index in [1.54, 1.807) is 24.3 Å². The van der Waals surface area contributed by atoms with Crippen LogP contribution in [0.1, 0.15) is 58.7 Å². The van der Waals surface area contributed by atoms with E-state index in [9.17, 15) is 9.59 Å². The summed E-state index contributed by atoms with van der Waals surface area (Å²) in [5.74, 6) is 0.689. The molecule has 0 radical (unpaired) electrons. The first-order chi connectivity index (χ1) is 16.5. The topological polar surface area (TPSA) is 71.5 Å². The van der Waals surface area contributed by atoms with Crippen molar-refractivity contribution in [3.63, 3.8) is 0 Å². The highest BCUT2D eigenvalue weighted by molar-refractivity contribution is 7.09. The summed E-state index contributed by atoms with van der Waals surface area (Å²) in [4.78, 5) is 31.7. The van der Waals surface area contributed by atoms with Crippen LogP contribution in [0.3, 0.4) is 0 Å². The number of rotatable bonds is 8. The van der Waals surface area contributed by atoms with Gasteiger partial charge < -0.3 is 15.0 Å². The van der Waals surface area contributed by atoms with Crippen LogP contribution >= 0.6 is 11.3 Å². The lowest BCUT2D eigenvalue weighted by Crippen LogP contribution is -2.38. The third kappa shape index (κ3) is 6.44. The van der Waals surface area contributed by atoms with Gasteiger partial charge in [-0.15, -0.1) is 11.3 Å². The molecular formula is C27H31N3O3S. The summed E-state index contributed by atoms with van der Waals surface area (Å²) in [5.41, 5.74) is 3.21. The molecule has 4 rings (SSSR count). The van der Waals surface area contributed by atoms with Crippen molar-refractivity contribution in [2.75, 3.05) is 12.4 Å². The molecule has 7 heteroatoms. The molecule has 1 heterocycles. The molecule has 6 nitrogen and oxygen atoms in total. The lowest BCUT2D eigenvalue weighted by Gasteiger charge is -2.31. The van der Waals surface area contributed by atoms with Crippen LogP contribution < -0.4 is 10.1 Å². The Morgan fingerprint density at radius 1 is 1.06 bits per heavy atom. The zero-order valence-electron chi connectivity index (χ0n) is 19.8. The van der Waals surface area contributed by atoms with Crippen molar-refractivity contribution < 1.29 is 14.3 Å². The van der Waals surface area contributed by atoms with Gasteiger partial charge >= 0.3 is 0 Å². The van der Waals surface area contributed by atoms with E-state index < -0.39 is 0 Å². The Hall–Kier alpha value is -3.19. The van der Waals surface area contributed by atoms with E-state index in [2.05, 4.69) is 10.3 Å². The second kappa shape index (κ2) is 11.3. The number of ether oxygens (including phenoxy) is 1. The minimum absolute atomic E-state index is 0.0348. The van der Waals surface area contributed by atoms with Gasteiger partial charge in [0.1, 0.15) is 17.4 Å². The fraction of sp³-hybridized carbons (Fsp3) is 0.370. The molecule has 0 bridgehead atoms. The molecule has 2 aromatic carbocycles. The van der Waals surface area contributed by atoms with Crippen molar-refractivity contribution in [1.82, 2.24) is 9.88 Å². The number of aromatic nitrogens is 1. The van der Waals surface area contributed by atoms with E-state index in [0.29, 0.717) is 29.6 Å². The molecule has 0 spiro atoms. The zero-order chi connectivity index (χ0) is 23.9. The molecule has 178 valence electrons. The van der Waals surface area contributed by atoms with E-state index in [4.69, 9.17) is 4.74 Å². The molecule has 0 unspecified atom stereocenters. The molecule has 3 aromatic rings. The Labute approximate surface area is 205 Å². The maximum atomic E-state index is 12.8. The molecule has 1 fully saturated rings. The summed E-state index contributed by atoms with van der Waals surface area (Å²) in [6, 6.07) is 15.3. The summed E-state index contributed by atoms with van der Waals surface area (Å²) in [5, 5.41) is 5.60. The van der Waals surface area contributed by atoms with Crippen molar-refractivity contribution in [3.05, 3.63) is 75.7 Å². The van der Waals surface area contributed by atoms with Crippen LogP contribution in [0.25, 0.3) is 0 Å². The number of aryl methyl sites for hydroxylation is 1. The van der Waals surface area contributed by atoms with Crippen molar-refractivity contribution in [2.45, 2.75) is 58.1 Å². The quantitative estimate of drug-likeness (QED) is 0.457. The number of hydrogen-bond donors (Lipinski definition) is 1.